The second kappa shape index (κ2) is 4.55. The largest absolute Gasteiger partial charge is 0.408 e. The third-order valence-corrected chi connectivity index (χ3v) is 4.53. The van der Waals surface area contributed by atoms with E-state index in [9.17, 15) is 9.59 Å². The van der Waals surface area contributed by atoms with Gasteiger partial charge in [-0.2, -0.15) is 0 Å². The van der Waals surface area contributed by atoms with Crippen LogP contribution in [0.2, 0.25) is 5.54 Å². The minimum absolute atomic E-state index is 0.0811. The van der Waals surface area contributed by atoms with Gasteiger partial charge in [-0.05, 0) is 11.3 Å². The van der Waals surface area contributed by atoms with Gasteiger partial charge in [0.15, 0.2) is 0 Å². The van der Waals surface area contributed by atoms with Gasteiger partial charge in [0, 0.05) is 5.54 Å². The number of rotatable bonds is 3. The van der Waals surface area contributed by atoms with E-state index < -0.39 is 8.56 Å². The van der Waals surface area contributed by atoms with E-state index in [1.807, 2.05) is 44.2 Å². The first-order valence-electron chi connectivity index (χ1n) is 4.71. The molecule has 0 saturated carbocycles. The Morgan fingerprint density at radius 1 is 1.14 bits per heavy atom. The summed E-state index contributed by atoms with van der Waals surface area (Å²) in [6.07, 6.45) is 1.77. The van der Waals surface area contributed by atoms with Gasteiger partial charge in [0.1, 0.15) is 0 Å². The van der Waals surface area contributed by atoms with Gasteiger partial charge in [-0.3, -0.25) is 0 Å². The van der Waals surface area contributed by atoms with Crippen molar-refractivity contribution in [2.75, 3.05) is 0 Å². The van der Waals surface area contributed by atoms with Crippen LogP contribution in [-0.2, 0) is 0 Å². The molecule has 0 aliphatic heterocycles. The molecule has 1 rings (SSSR count). The zero-order chi connectivity index (χ0) is 10.6. The van der Waals surface area contributed by atoms with Crippen molar-refractivity contribution in [2.45, 2.75) is 19.4 Å². The predicted octanol–water partition coefficient (Wildman–Crippen LogP) is 2.08. The Balaban J connectivity index is 2.74. The fourth-order valence-electron chi connectivity index (χ4n) is 0.975. The lowest BCUT2D eigenvalue weighted by Gasteiger charge is -2.16. The third-order valence-electron chi connectivity index (χ3n) is 2.17. The van der Waals surface area contributed by atoms with E-state index in [0.717, 1.165) is 5.56 Å². The van der Waals surface area contributed by atoms with Crippen molar-refractivity contribution >= 4 is 14.6 Å². The van der Waals surface area contributed by atoms with Gasteiger partial charge in [-0.15, -0.1) is 0 Å². The molecule has 0 spiro atoms. The van der Waals surface area contributed by atoms with Crippen LogP contribution in [0.3, 0.4) is 0 Å². The Morgan fingerprint density at radius 2 is 1.71 bits per heavy atom. The first kappa shape index (κ1) is 11.2. The second-order valence-corrected chi connectivity index (χ2v) is 6.74. The van der Waals surface area contributed by atoms with Gasteiger partial charge >= 0.3 is 8.56 Å². The molecule has 1 aromatic carbocycles. The summed E-state index contributed by atoms with van der Waals surface area (Å²) in [6.45, 7) is 3.64. The second-order valence-electron chi connectivity index (χ2n) is 3.68. The first-order chi connectivity index (χ1) is 6.52. The van der Waals surface area contributed by atoms with Crippen molar-refractivity contribution in [3.05, 3.63) is 41.6 Å². The standard InChI is InChI=1S/C11H16O2Si/c1-10(2)14(12,13)9-8-11-6-4-3-5-7-11/h3-10,12-13H,1-2H3/b9-8+. The van der Waals surface area contributed by atoms with E-state index in [1.165, 1.54) is 0 Å². The van der Waals surface area contributed by atoms with Crippen LogP contribution in [0.15, 0.2) is 36.0 Å². The van der Waals surface area contributed by atoms with Crippen LogP contribution in [-0.4, -0.2) is 18.2 Å². The molecular weight excluding hydrogens is 192 g/mol. The highest BCUT2D eigenvalue weighted by Crippen LogP contribution is 2.16. The van der Waals surface area contributed by atoms with Crippen molar-refractivity contribution < 1.29 is 9.59 Å². The third kappa shape index (κ3) is 3.10. The number of hydrogen-bond acceptors (Lipinski definition) is 2. The molecule has 0 aliphatic carbocycles. The molecule has 2 N–H and O–H groups in total. The highest BCUT2D eigenvalue weighted by Gasteiger charge is 2.29. The average molecular weight is 208 g/mol. The zero-order valence-corrected chi connectivity index (χ0v) is 9.51. The van der Waals surface area contributed by atoms with E-state index in [0.29, 0.717) is 0 Å². The maximum atomic E-state index is 9.66. The van der Waals surface area contributed by atoms with Gasteiger partial charge in [0.05, 0.1) is 0 Å². The van der Waals surface area contributed by atoms with Crippen LogP contribution >= 0.6 is 0 Å². The van der Waals surface area contributed by atoms with Crippen molar-refractivity contribution in [2.24, 2.45) is 0 Å². The summed E-state index contributed by atoms with van der Waals surface area (Å²) < 4.78 is 0. The van der Waals surface area contributed by atoms with Gasteiger partial charge in [-0.1, -0.05) is 50.3 Å². The Kier molecular flexibility index (Phi) is 3.63. The van der Waals surface area contributed by atoms with Crippen molar-refractivity contribution in [1.29, 1.82) is 0 Å². The molecule has 3 heteroatoms. The van der Waals surface area contributed by atoms with Crippen LogP contribution in [0, 0.1) is 0 Å². The van der Waals surface area contributed by atoms with E-state index in [2.05, 4.69) is 0 Å². The maximum absolute atomic E-state index is 9.66. The lowest BCUT2D eigenvalue weighted by molar-refractivity contribution is 0.364. The van der Waals surface area contributed by atoms with Crippen molar-refractivity contribution in [3.8, 4) is 0 Å². The minimum atomic E-state index is -3.14. The van der Waals surface area contributed by atoms with E-state index >= 15 is 0 Å². The lowest BCUT2D eigenvalue weighted by Crippen LogP contribution is -2.35. The number of benzene rings is 1. The quantitative estimate of drug-likeness (QED) is 0.747. The Morgan fingerprint density at radius 3 is 2.21 bits per heavy atom. The molecule has 0 radical (unpaired) electrons. The summed E-state index contributed by atoms with van der Waals surface area (Å²) in [7, 11) is -3.14. The molecule has 0 bridgehead atoms. The Bertz CT molecular complexity index is 304. The fourth-order valence-corrected chi connectivity index (χ4v) is 1.80. The van der Waals surface area contributed by atoms with Gasteiger partial charge in [-0.25, -0.2) is 0 Å². The summed E-state index contributed by atoms with van der Waals surface area (Å²) >= 11 is 0. The van der Waals surface area contributed by atoms with E-state index in [4.69, 9.17) is 0 Å². The zero-order valence-electron chi connectivity index (χ0n) is 8.51. The molecule has 0 aromatic heterocycles. The summed E-state index contributed by atoms with van der Waals surface area (Å²) in [6, 6.07) is 9.64. The Hall–Kier alpha value is -0.903. The molecule has 0 aliphatic rings. The smallest absolute Gasteiger partial charge is 0.362 e. The summed E-state index contributed by atoms with van der Waals surface area (Å²) in [4.78, 5) is 19.3. The fraction of sp³-hybridized carbons (Fsp3) is 0.273. The maximum Gasteiger partial charge on any atom is 0.362 e. The first-order valence-corrected chi connectivity index (χ1v) is 6.76. The van der Waals surface area contributed by atoms with Crippen LogP contribution in [0.1, 0.15) is 19.4 Å². The number of hydrogen-bond donors (Lipinski definition) is 2. The normalized spacial score (nSPS) is 12.6. The summed E-state index contributed by atoms with van der Waals surface area (Å²) in [5, 5.41) is 0. The van der Waals surface area contributed by atoms with Gasteiger partial charge < -0.3 is 9.59 Å². The topological polar surface area (TPSA) is 40.5 Å². The molecule has 0 heterocycles. The molecule has 0 amide bonds. The minimum Gasteiger partial charge on any atom is -0.408 e. The molecule has 0 atom stereocenters. The Labute approximate surface area is 85.8 Å². The van der Waals surface area contributed by atoms with Crippen LogP contribution < -0.4 is 0 Å². The van der Waals surface area contributed by atoms with Crippen LogP contribution in [0.4, 0.5) is 0 Å². The van der Waals surface area contributed by atoms with Crippen molar-refractivity contribution in [3.63, 3.8) is 0 Å². The van der Waals surface area contributed by atoms with Crippen LogP contribution in [0.5, 0.6) is 0 Å². The van der Waals surface area contributed by atoms with Crippen LogP contribution in [0.25, 0.3) is 6.08 Å². The lowest BCUT2D eigenvalue weighted by atomic mass is 10.2. The molecule has 0 fully saturated rings. The average Bonchev–Trinajstić information content (AvgIpc) is 2.16. The molecule has 1 aromatic rings. The van der Waals surface area contributed by atoms with Gasteiger partial charge in [0.25, 0.3) is 0 Å². The molecular formula is C11H16O2Si. The highest BCUT2D eigenvalue weighted by molar-refractivity contribution is 6.72. The van der Waals surface area contributed by atoms with E-state index in [-0.39, 0.29) is 5.54 Å². The monoisotopic (exact) mass is 208 g/mol. The SMILES string of the molecule is CC(C)[Si](O)(O)/C=C/c1ccccc1. The molecule has 76 valence electrons. The molecule has 14 heavy (non-hydrogen) atoms. The van der Waals surface area contributed by atoms with Gasteiger partial charge in [0.2, 0.25) is 0 Å². The summed E-state index contributed by atoms with van der Waals surface area (Å²) in [5.74, 6) is 0. The molecule has 2 nitrogen and oxygen atoms in total. The predicted molar refractivity (Wildman–Crippen MR) is 60.8 cm³/mol. The molecule has 0 unspecified atom stereocenters. The molecule has 0 saturated heterocycles. The highest BCUT2D eigenvalue weighted by atomic mass is 28.4. The van der Waals surface area contributed by atoms with Crippen molar-refractivity contribution in [1.82, 2.24) is 0 Å². The van der Waals surface area contributed by atoms with E-state index in [1.54, 1.807) is 11.8 Å². The summed E-state index contributed by atoms with van der Waals surface area (Å²) in [5.41, 5.74) is 2.46.